The number of hydrogen-bond donors (Lipinski definition) is 1. The molecule has 0 saturated carbocycles. The van der Waals surface area contributed by atoms with E-state index >= 15 is 0 Å². The molecule has 0 fully saturated rings. The number of anilines is 1. The highest BCUT2D eigenvalue weighted by molar-refractivity contribution is 7.89. The average molecular weight is 312 g/mol. The molecule has 0 spiro atoms. The van der Waals surface area contributed by atoms with Crippen molar-refractivity contribution in [1.82, 2.24) is 4.72 Å². The SMILES string of the molecule is CC(C)CNS(=O)(=O)c1ccc2c(c1)N(C)C(=O)CCO2. The summed E-state index contributed by atoms with van der Waals surface area (Å²) in [5.41, 5.74) is 0.477. The summed E-state index contributed by atoms with van der Waals surface area (Å²) in [6.45, 7) is 4.53. The Morgan fingerprint density at radius 2 is 2.10 bits per heavy atom. The molecule has 1 N–H and O–H groups in total. The second-order valence-electron chi connectivity index (χ2n) is 5.43. The quantitative estimate of drug-likeness (QED) is 0.911. The fourth-order valence-electron chi connectivity index (χ4n) is 1.96. The molecule has 1 aliphatic rings. The molecule has 21 heavy (non-hydrogen) atoms. The molecule has 1 aromatic rings. The van der Waals surface area contributed by atoms with Crippen LogP contribution in [0.1, 0.15) is 20.3 Å². The summed E-state index contributed by atoms with van der Waals surface area (Å²) in [5.74, 6) is 0.637. The summed E-state index contributed by atoms with van der Waals surface area (Å²) >= 11 is 0. The van der Waals surface area contributed by atoms with E-state index in [1.807, 2.05) is 13.8 Å². The van der Waals surface area contributed by atoms with Gasteiger partial charge in [-0.3, -0.25) is 4.79 Å². The number of rotatable bonds is 4. The Morgan fingerprint density at radius 1 is 1.38 bits per heavy atom. The average Bonchev–Trinajstić information content (AvgIpc) is 2.57. The van der Waals surface area contributed by atoms with Gasteiger partial charge < -0.3 is 9.64 Å². The van der Waals surface area contributed by atoms with E-state index in [1.54, 1.807) is 13.1 Å². The summed E-state index contributed by atoms with van der Waals surface area (Å²) < 4.78 is 32.5. The van der Waals surface area contributed by atoms with E-state index in [9.17, 15) is 13.2 Å². The van der Waals surface area contributed by atoms with Crippen LogP contribution in [0.5, 0.6) is 5.75 Å². The first-order chi connectivity index (χ1) is 9.81. The van der Waals surface area contributed by atoms with E-state index in [1.165, 1.54) is 17.0 Å². The van der Waals surface area contributed by atoms with Crippen LogP contribution in [0.4, 0.5) is 5.69 Å². The number of carbonyl (C=O) groups excluding carboxylic acids is 1. The predicted octanol–water partition coefficient (Wildman–Crippen LogP) is 1.37. The van der Waals surface area contributed by atoms with Crippen LogP contribution in [0.15, 0.2) is 23.1 Å². The molecule has 0 aromatic heterocycles. The van der Waals surface area contributed by atoms with Crippen molar-refractivity contribution >= 4 is 21.6 Å². The van der Waals surface area contributed by atoms with Crippen molar-refractivity contribution in [3.05, 3.63) is 18.2 Å². The number of amides is 1. The van der Waals surface area contributed by atoms with Crippen molar-refractivity contribution in [2.24, 2.45) is 5.92 Å². The summed E-state index contributed by atoms with van der Waals surface area (Å²) in [4.78, 5) is 13.4. The molecule has 2 rings (SSSR count). The lowest BCUT2D eigenvalue weighted by atomic mass is 10.2. The van der Waals surface area contributed by atoms with Gasteiger partial charge >= 0.3 is 0 Å². The lowest BCUT2D eigenvalue weighted by Crippen LogP contribution is -2.28. The Morgan fingerprint density at radius 3 is 2.76 bits per heavy atom. The molecule has 0 aliphatic carbocycles. The monoisotopic (exact) mass is 312 g/mol. The van der Waals surface area contributed by atoms with Crippen molar-refractivity contribution in [1.29, 1.82) is 0 Å². The van der Waals surface area contributed by atoms with Crippen LogP contribution in [0.2, 0.25) is 0 Å². The fourth-order valence-corrected chi connectivity index (χ4v) is 3.19. The zero-order valence-electron chi connectivity index (χ0n) is 12.4. The second-order valence-corrected chi connectivity index (χ2v) is 7.19. The molecule has 0 atom stereocenters. The van der Waals surface area contributed by atoms with E-state index in [0.29, 0.717) is 24.6 Å². The number of carbonyl (C=O) groups is 1. The first kappa shape index (κ1) is 15.8. The molecule has 0 radical (unpaired) electrons. The molecule has 0 saturated heterocycles. The van der Waals surface area contributed by atoms with Gasteiger partial charge in [-0.2, -0.15) is 0 Å². The summed E-state index contributed by atoms with van der Waals surface area (Å²) in [5, 5.41) is 0. The highest BCUT2D eigenvalue weighted by Crippen LogP contribution is 2.32. The first-order valence-electron chi connectivity index (χ1n) is 6.84. The summed E-state index contributed by atoms with van der Waals surface area (Å²) in [6.07, 6.45) is 0.277. The minimum Gasteiger partial charge on any atom is -0.491 e. The zero-order valence-corrected chi connectivity index (χ0v) is 13.2. The number of hydrogen-bond acceptors (Lipinski definition) is 4. The van der Waals surface area contributed by atoms with Crippen molar-refractivity contribution in [3.8, 4) is 5.75 Å². The smallest absolute Gasteiger partial charge is 0.240 e. The van der Waals surface area contributed by atoms with Crippen LogP contribution < -0.4 is 14.4 Å². The van der Waals surface area contributed by atoms with E-state index < -0.39 is 10.0 Å². The van der Waals surface area contributed by atoms with Gasteiger partial charge in [0.15, 0.2) is 0 Å². The molecule has 1 amide bonds. The lowest BCUT2D eigenvalue weighted by Gasteiger charge is -2.17. The standard InChI is InChI=1S/C14H20N2O4S/c1-10(2)9-15-21(18,19)11-4-5-13-12(8-11)16(3)14(17)6-7-20-13/h4-5,8,10,15H,6-7,9H2,1-3H3. The fraction of sp³-hybridized carbons (Fsp3) is 0.500. The maximum Gasteiger partial charge on any atom is 0.240 e. The number of fused-ring (bicyclic) bond motifs is 1. The normalized spacial score (nSPS) is 15.6. The topological polar surface area (TPSA) is 75.7 Å². The molecule has 116 valence electrons. The lowest BCUT2D eigenvalue weighted by molar-refractivity contribution is -0.118. The third-order valence-electron chi connectivity index (χ3n) is 3.23. The molecule has 7 heteroatoms. The van der Waals surface area contributed by atoms with E-state index in [4.69, 9.17) is 4.74 Å². The minimum atomic E-state index is -3.59. The Kier molecular flexibility index (Phi) is 4.53. The van der Waals surface area contributed by atoms with E-state index in [-0.39, 0.29) is 23.1 Å². The van der Waals surface area contributed by atoms with Crippen LogP contribution in [0.3, 0.4) is 0 Å². The third-order valence-corrected chi connectivity index (χ3v) is 4.65. The predicted molar refractivity (Wildman–Crippen MR) is 80.0 cm³/mol. The van der Waals surface area contributed by atoms with Crippen molar-refractivity contribution in [2.45, 2.75) is 25.2 Å². The van der Waals surface area contributed by atoms with Crippen LogP contribution >= 0.6 is 0 Å². The molecule has 0 unspecified atom stereocenters. The van der Waals surface area contributed by atoms with Gasteiger partial charge in [0.05, 0.1) is 23.6 Å². The van der Waals surface area contributed by atoms with Gasteiger partial charge in [-0.1, -0.05) is 13.8 Å². The first-order valence-corrected chi connectivity index (χ1v) is 8.32. The molecule has 1 aromatic carbocycles. The Balaban J connectivity index is 2.36. The number of ether oxygens (including phenoxy) is 1. The third kappa shape index (κ3) is 3.54. The highest BCUT2D eigenvalue weighted by atomic mass is 32.2. The van der Waals surface area contributed by atoms with Gasteiger partial charge in [0.2, 0.25) is 15.9 Å². The zero-order chi connectivity index (χ0) is 15.6. The maximum absolute atomic E-state index is 12.2. The van der Waals surface area contributed by atoms with Crippen molar-refractivity contribution < 1.29 is 17.9 Å². The molecular formula is C14H20N2O4S. The van der Waals surface area contributed by atoms with Crippen molar-refractivity contribution in [2.75, 3.05) is 25.1 Å². The number of nitrogens with zero attached hydrogens (tertiary/aromatic N) is 1. The van der Waals surface area contributed by atoms with E-state index in [0.717, 1.165) is 0 Å². The molecule has 1 heterocycles. The van der Waals surface area contributed by atoms with Gasteiger partial charge in [-0.25, -0.2) is 13.1 Å². The van der Waals surface area contributed by atoms with Gasteiger partial charge in [0, 0.05) is 13.6 Å². The Bertz CT molecular complexity index is 640. The highest BCUT2D eigenvalue weighted by Gasteiger charge is 2.23. The van der Waals surface area contributed by atoms with Gasteiger partial charge in [0.25, 0.3) is 0 Å². The number of sulfonamides is 1. The number of nitrogens with one attached hydrogen (secondary N) is 1. The second kappa shape index (κ2) is 6.03. The molecule has 0 bridgehead atoms. The van der Waals surface area contributed by atoms with Crippen LogP contribution in [-0.4, -0.2) is 34.5 Å². The van der Waals surface area contributed by atoms with Crippen molar-refractivity contribution in [3.63, 3.8) is 0 Å². The van der Waals surface area contributed by atoms with Gasteiger partial charge in [-0.05, 0) is 24.1 Å². The summed E-state index contributed by atoms with van der Waals surface area (Å²) in [7, 11) is -1.97. The molecular weight excluding hydrogens is 292 g/mol. The van der Waals surface area contributed by atoms with Gasteiger partial charge in [0.1, 0.15) is 5.75 Å². The molecule has 6 nitrogen and oxygen atoms in total. The summed E-state index contributed by atoms with van der Waals surface area (Å²) in [6, 6.07) is 4.56. The minimum absolute atomic E-state index is 0.0987. The Hall–Kier alpha value is -1.60. The Labute approximate surface area is 125 Å². The van der Waals surface area contributed by atoms with Crippen LogP contribution in [-0.2, 0) is 14.8 Å². The number of benzene rings is 1. The van der Waals surface area contributed by atoms with Crippen LogP contribution in [0.25, 0.3) is 0 Å². The molecule has 1 aliphatic heterocycles. The van der Waals surface area contributed by atoms with E-state index in [2.05, 4.69) is 4.72 Å². The van der Waals surface area contributed by atoms with Crippen LogP contribution in [0, 0.1) is 5.92 Å². The maximum atomic E-state index is 12.2. The largest absolute Gasteiger partial charge is 0.491 e. The van der Waals surface area contributed by atoms with Gasteiger partial charge in [-0.15, -0.1) is 0 Å².